The van der Waals surface area contributed by atoms with Crippen LogP contribution in [0.4, 0.5) is 11.5 Å². The fourth-order valence-corrected chi connectivity index (χ4v) is 3.87. The highest BCUT2D eigenvalue weighted by atomic mass is 16.2. The number of aromatic nitrogens is 2. The van der Waals surface area contributed by atoms with Gasteiger partial charge in [-0.1, -0.05) is 12.1 Å². The van der Waals surface area contributed by atoms with Crippen molar-refractivity contribution in [3.8, 4) is 0 Å². The lowest BCUT2D eigenvalue weighted by Gasteiger charge is -2.36. The van der Waals surface area contributed by atoms with Crippen LogP contribution in [0.3, 0.4) is 0 Å². The number of benzene rings is 1. The smallest absolute Gasteiger partial charge is 0.274 e. The summed E-state index contributed by atoms with van der Waals surface area (Å²) in [7, 11) is 0. The number of nitrogens with zero attached hydrogens (tertiary/aromatic N) is 5. The van der Waals surface area contributed by atoms with Gasteiger partial charge in [-0.15, -0.1) is 0 Å². The zero-order valence-corrected chi connectivity index (χ0v) is 16.0. The van der Waals surface area contributed by atoms with Gasteiger partial charge in [-0.05, 0) is 43.9 Å². The summed E-state index contributed by atoms with van der Waals surface area (Å²) in [5.74, 6) is 0.868. The molecule has 1 aromatic heterocycles. The number of likely N-dealkylation sites (tertiary alicyclic amines) is 1. The second-order valence-corrected chi connectivity index (χ2v) is 7.43. The van der Waals surface area contributed by atoms with Gasteiger partial charge < -0.3 is 14.7 Å². The number of carbonyl (C=O) groups is 1. The number of hydrogen-bond acceptors (Lipinski definition) is 5. The first-order chi connectivity index (χ1) is 13.2. The number of rotatable bonds is 3. The maximum Gasteiger partial charge on any atom is 0.274 e. The monoisotopic (exact) mass is 365 g/mol. The predicted molar refractivity (Wildman–Crippen MR) is 107 cm³/mol. The summed E-state index contributed by atoms with van der Waals surface area (Å²) in [6, 6.07) is 8.64. The lowest BCUT2D eigenvalue weighted by Crippen LogP contribution is -2.47. The highest BCUT2D eigenvalue weighted by molar-refractivity contribution is 5.92. The predicted octanol–water partition coefficient (Wildman–Crippen LogP) is 2.74. The molecule has 0 spiro atoms. The van der Waals surface area contributed by atoms with Crippen LogP contribution in [0.1, 0.15) is 35.3 Å². The van der Waals surface area contributed by atoms with Crippen molar-refractivity contribution in [2.75, 3.05) is 49.1 Å². The Kier molecular flexibility index (Phi) is 5.23. The first kappa shape index (κ1) is 17.8. The lowest BCUT2D eigenvalue weighted by atomic mass is 10.1. The van der Waals surface area contributed by atoms with Gasteiger partial charge in [-0.2, -0.15) is 0 Å². The van der Waals surface area contributed by atoms with Gasteiger partial charge >= 0.3 is 0 Å². The topological polar surface area (TPSA) is 52.6 Å². The molecule has 27 heavy (non-hydrogen) atoms. The molecule has 2 aliphatic heterocycles. The summed E-state index contributed by atoms with van der Waals surface area (Å²) < 4.78 is 0. The number of piperidine rings is 1. The van der Waals surface area contributed by atoms with E-state index in [0.29, 0.717) is 5.69 Å². The minimum Gasteiger partial charge on any atom is -0.368 e. The number of anilines is 2. The fourth-order valence-electron chi connectivity index (χ4n) is 3.87. The summed E-state index contributed by atoms with van der Waals surface area (Å²) >= 11 is 0. The second kappa shape index (κ2) is 7.94. The number of hydrogen-bond donors (Lipinski definition) is 0. The van der Waals surface area contributed by atoms with E-state index in [1.165, 1.54) is 17.7 Å². The van der Waals surface area contributed by atoms with E-state index in [-0.39, 0.29) is 5.91 Å². The molecule has 1 amide bonds. The van der Waals surface area contributed by atoms with Crippen molar-refractivity contribution < 1.29 is 4.79 Å². The van der Waals surface area contributed by atoms with E-state index < -0.39 is 0 Å². The van der Waals surface area contributed by atoms with Crippen molar-refractivity contribution in [2.45, 2.75) is 26.2 Å². The van der Waals surface area contributed by atoms with E-state index in [2.05, 4.69) is 51.0 Å². The van der Waals surface area contributed by atoms with Crippen molar-refractivity contribution in [1.82, 2.24) is 14.9 Å². The third kappa shape index (κ3) is 4.04. The van der Waals surface area contributed by atoms with E-state index in [1.54, 1.807) is 12.4 Å². The molecule has 0 atom stereocenters. The fraction of sp³-hybridized carbons (Fsp3) is 0.476. The normalized spacial score (nSPS) is 17.9. The first-order valence-electron chi connectivity index (χ1n) is 9.88. The van der Waals surface area contributed by atoms with Crippen molar-refractivity contribution in [2.24, 2.45) is 0 Å². The van der Waals surface area contributed by atoms with Crippen LogP contribution >= 0.6 is 0 Å². The van der Waals surface area contributed by atoms with Gasteiger partial charge in [0.2, 0.25) is 0 Å². The number of piperazine rings is 1. The van der Waals surface area contributed by atoms with Gasteiger partial charge in [0.05, 0.1) is 12.4 Å². The van der Waals surface area contributed by atoms with Crippen LogP contribution in [0.15, 0.2) is 36.7 Å². The molecule has 2 aromatic rings. The molecule has 0 aliphatic carbocycles. The molecule has 0 bridgehead atoms. The Morgan fingerprint density at radius 1 is 0.889 bits per heavy atom. The molecule has 1 aromatic carbocycles. The van der Waals surface area contributed by atoms with E-state index in [0.717, 1.165) is 57.9 Å². The number of carbonyl (C=O) groups excluding carboxylic acids is 1. The molecule has 0 radical (unpaired) electrons. The largest absolute Gasteiger partial charge is 0.368 e. The number of amides is 1. The van der Waals surface area contributed by atoms with Gasteiger partial charge in [-0.3, -0.25) is 4.79 Å². The SMILES string of the molecule is Cc1cccc(N2CCN(c3cnc(C(=O)N4CCCCC4)cn3)CC2)c1. The molecule has 2 aliphatic rings. The summed E-state index contributed by atoms with van der Waals surface area (Å²) in [5, 5.41) is 0. The van der Waals surface area contributed by atoms with Crippen molar-refractivity contribution in [1.29, 1.82) is 0 Å². The summed E-state index contributed by atoms with van der Waals surface area (Å²) in [5.41, 5.74) is 3.03. The molecule has 0 N–H and O–H groups in total. The quantitative estimate of drug-likeness (QED) is 0.837. The maximum atomic E-state index is 12.5. The highest BCUT2D eigenvalue weighted by Gasteiger charge is 2.22. The molecule has 6 heteroatoms. The van der Waals surface area contributed by atoms with Crippen molar-refractivity contribution >= 4 is 17.4 Å². The van der Waals surface area contributed by atoms with Gasteiger partial charge in [0.15, 0.2) is 0 Å². The standard InChI is InChI=1S/C21H27N5O/c1-17-6-5-7-18(14-17)24-10-12-25(13-11-24)20-16-22-19(15-23-20)21(27)26-8-3-2-4-9-26/h5-7,14-16H,2-4,8-13H2,1H3. The van der Waals surface area contributed by atoms with Gasteiger partial charge in [-0.25, -0.2) is 9.97 Å². The van der Waals surface area contributed by atoms with Gasteiger partial charge in [0, 0.05) is 45.0 Å². The summed E-state index contributed by atoms with van der Waals surface area (Å²) in [6.07, 6.45) is 6.77. The molecule has 2 saturated heterocycles. The van der Waals surface area contributed by atoms with Crippen LogP contribution in [0.5, 0.6) is 0 Å². The van der Waals surface area contributed by atoms with E-state index in [9.17, 15) is 4.79 Å². The summed E-state index contributed by atoms with van der Waals surface area (Å²) in [4.78, 5) is 28.0. The molecular weight excluding hydrogens is 338 g/mol. The molecule has 3 heterocycles. The Hall–Kier alpha value is -2.63. The second-order valence-electron chi connectivity index (χ2n) is 7.43. The Morgan fingerprint density at radius 3 is 2.30 bits per heavy atom. The van der Waals surface area contributed by atoms with Crippen LogP contribution in [0.2, 0.25) is 0 Å². The summed E-state index contributed by atoms with van der Waals surface area (Å²) in [6.45, 7) is 7.53. The van der Waals surface area contributed by atoms with Crippen LogP contribution in [-0.2, 0) is 0 Å². The van der Waals surface area contributed by atoms with E-state index in [1.807, 2.05) is 4.90 Å². The van der Waals surface area contributed by atoms with E-state index in [4.69, 9.17) is 0 Å². The molecule has 0 saturated carbocycles. The van der Waals surface area contributed by atoms with E-state index >= 15 is 0 Å². The van der Waals surface area contributed by atoms with Gasteiger partial charge in [0.1, 0.15) is 11.5 Å². The van der Waals surface area contributed by atoms with Crippen LogP contribution in [0.25, 0.3) is 0 Å². The zero-order chi connectivity index (χ0) is 18.6. The zero-order valence-electron chi connectivity index (χ0n) is 16.0. The molecule has 0 unspecified atom stereocenters. The molecule has 4 rings (SSSR count). The lowest BCUT2D eigenvalue weighted by molar-refractivity contribution is 0.0718. The molecule has 6 nitrogen and oxygen atoms in total. The maximum absolute atomic E-state index is 12.5. The van der Waals surface area contributed by atoms with Crippen LogP contribution in [-0.4, -0.2) is 60.0 Å². The van der Waals surface area contributed by atoms with Crippen LogP contribution in [0, 0.1) is 6.92 Å². The molecule has 2 fully saturated rings. The van der Waals surface area contributed by atoms with Crippen molar-refractivity contribution in [3.05, 3.63) is 47.9 Å². The Balaban J connectivity index is 1.36. The van der Waals surface area contributed by atoms with Crippen molar-refractivity contribution in [3.63, 3.8) is 0 Å². The Labute approximate surface area is 160 Å². The molecular formula is C21H27N5O. The minimum atomic E-state index is 0.0121. The minimum absolute atomic E-state index is 0.0121. The Bertz CT molecular complexity index is 777. The van der Waals surface area contributed by atoms with Crippen LogP contribution < -0.4 is 9.80 Å². The van der Waals surface area contributed by atoms with Gasteiger partial charge in [0.25, 0.3) is 5.91 Å². The third-order valence-corrected chi connectivity index (χ3v) is 5.47. The average molecular weight is 365 g/mol. The highest BCUT2D eigenvalue weighted by Crippen LogP contribution is 2.20. The third-order valence-electron chi connectivity index (χ3n) is 5.47. The molecule has 142 valence electrons. The average Bonchev–Trinajstić information content (AvgIpc) is 2.74. The first-order valence-corrected chi connectivity index (χ1v) is 9.88. The number of aryl methyl sites for hydroxylation is 1. The Morgan fingerprint density at radius 2 is 1.63 bits per heavy atom.